The maximum Gasteiger partial charge on any atom is 0.390 e. The second-order valence-corrected chi connectivity index (χ2v) is 3.02. The van der Waals surface area contributed by atoms with E-state index in [2.05, 4.69) is 10.5 Å². The van der Waals surface area contributed by atoms with Gasteiger partial charge in [0.15, 0.2) is 0 Å². The molecule has 0 rings (SSSR count). The Bertz CT molecular complexity index is 193. The molecule has 0 aliphatic rings. The van der Waals surface area contributed by atoms with Gasteiger partial charge in [-0.1, -0.05) is 5.16 Å². The molecule has 0 aromatic carbocycles. The minimum Gasteiger partial charge on any atom is -0.409 e. The highest BCUT2D eigenvalue weighted by atomic mass is 19.4. The monoisotopic (exact) mass is 213 g/mol. The van der Waals surface area contributed by atoms with Gasteiger partial charge in [0, 0.05) is 19.0 Å². The summed E-state index contributed by atoms with van der Waals surface area (Å²) in [4.78, 5) is 0. The van der Waals surface area contributed by atoms with E-state index in [0.29, 0.717) is 0 Å². The third-order valence-corrected chi connectivity index (χ3v) is 1.54. The van der Waals surface area contributed by atoms with Crippen molar-refractivity contribution in [3.05, 3.63) is 0 Å². The highest BCUT2D eigenvalue weighted by Gasteiger charge is 2.29. The third kappa shape index (κ3) is 7.66. The van der Waals surface area contributed by atoms with Gasteiger partial charge in [-0.15, -0.1) is 0 Å². The highest BCUT2D eigenvalue weighted by Crippen LogP contribution is 2.21. The molecule has 0 fully saturated rings. The van der Waals surface area contributed by atoms with Crippen LogP contribution in [0.2, 0.25) is 0 Å². The van der Waals surface area contributed by atoms with Crippen molar-refractivity contribution in [2.75, 3.05) is 6.54 Å². The van der Waals surface area contributed by atoms with Gasteiger partial charge < -0.3 is 16.3 Å². The van der Waals surface area contributed by atoms with Crippen LogP contribution in [0, 0.1) is 0 Å². The van der Waals surface area contributed by atoms with Crippen LogP contribution < -0.4 is 11.1 Å². The zero-order valence-electron chi connectivity index (χ0n) is 7.80. The Balaban J connectivity index is 3.60. The Morgan fingerprint density at radius 2 is 2.14 bits per heavy atom. The van der Waals surface area contributed by atoms with Crippen molar-refractivity contribution in [1.82, 2.24) is 5.32 Å². The van der Waals surface area contributed by atoms with E-state index in [9.17, 15) is 13.2 Å². The average molecular weight is 213 g/mol. The minimum atomic E-state index is -4.16. The lowest BCUT2D eigenvalue weighted by Gasteiger charge is -2.15. The average Bonchev–Trinajstić information content (AvgIpc) is 2.00. The van der Waals surface area contributed by atoms with E-state index in [4.69, 9.17) is 10.9 Å². The molecule has 0 bridgehead atoms. The molecule has 0 heterocycles. The summed E-state index contributed by atoms with van der Waals surface area (Å²) in [6, 6.07) is -0.665. The fourth-order valence-corrected chi connectivity index (χ4v) is 0.916. The molecule has 0 aliphatic carbocycles. The van der Waals surface area contributed by atoms with Crippen LogP contribution in [0.4, 0.5) is 13.2 Å². The second-order valence-electron chi connectivity index (χ2n) is 3.02. The SMILES string of the molecule is CC(CC(F)(F)F)NCCC(N)=NO. The number of amidine groups is 1. The molecule has 0 saturated heterocycles. The summed E-state index contributed by atoms with van der Waals surface area (Å²) in [6.45, 7) is 1.69. The van der Waals surface area contributed by atoms with Gasteiger partial charge in [0.25, 0.3) is 0 Å². The second kappa shape index (κ2) is 5.69. The van der Waals surface area contributed by atoms with Crippen molar-refractivity contribution in [2.24, 2.45) is 10.9 Å². The van der Waals surface area contributed by atoms with Gasteiger partial charge in [0.05, 0.1) is 6.42 Å². The lowest BCUT2D eigenvalue weighted by atomic mass is 10.2. The number of oxime groups is 1. The number of nitrogens with zero attached hydrogens (tertiary/aromatic N) is 1. The van der Waals surface area contributed by atoms with Crippen LogP contribution in [0.3, 0.4) is 0 Å². The van der Waals surface area contributed by atoms with Crippen LogP contribution in [-0.2, 0) is 0 Å². The molecule has 0 amide bonds. The fraction of sp³-hybridized carbons (Fsp3) is 0.857. The van der Waals surface area contributed by atoms with Crippen molar-refractivity contribution < 1.29 is 18.4 Å². The maximum absolute atomic E-state index is 11.8. The van der Waals surface area contributed by atoms with E-state index >= 15 is 0 Å². The van der Waals surface area contributed by atoms with Gasteiger partial charge in [0.2, 0.25) is 0 Å². The van der Waals surface area contributed by atoms with E-state index in [1.54, 1.807) is 0 Å². The van der Waals surface area contributed by atoms with Crippen LogP contribution in [0.15, 0.2) is 5.16 Å². The van der Waals surface area contributed by atoms with Crippen LogP contribution in [0.5, 0.6) is 0 Å². The predicted molar refractivity (Wildman–Crippen MR) is 46.2 cm³/mol. The van der Waals surface area contributed by atoms with Gasteiger partial charge in [-0.05, 0) is 6.92 Å². The summed E-state index contributed by atoms with van der Waals surface area (Å²) in [7, 11) is 0. The van der Waals surface area contributed by atoms with Gasteiger partial charge >= 0.3 is 6.18 Å². The van der Waals surface area contributed by atoms with Gasteiger partial charge in [-0.25, -0.2) is 0 Å². The highest BCUT2D eigenvalue weighted by molar-refractivity contribution is 5.79. The number of rotatable bonds is 5. The van der Waals surface area contributed by atoms with Crippen molar-refractivity contribution in [3.8, 4) is 0 Å². The first-order chi connectivity index (χ1) is 6.35. The zero-order valence-corrected chi connectivity index (χ0v) is 7.80. The first kappa shape index (κ1) is 13.0. The Labute approximate surface area is 80.0 Å². The molecule has 1 unspecified atom stereocenters. The molecule has 7 heteroatoms. The summed E-state index contributed by atoms with van der Waals surface area (Å²) in [5.41, 5.74) is 5.12. The van der Waals surface area contributed by atoms with Crippen molar-refractivity contribution in [2.45, 2.75) is 32.0 Å². The number of hydrogen-bond acceptors (Lipinski definition) is 3. The maximum atomic E-state index is 11.8. The Kier molecular flexibility index (Phi) is 5.29. The van der Waals surface area contributed by atoms with Crippen LogP contribution in [-0.4, -0.2) is 29.8 Å². The van der Waals surface area contributed by atoms with Crippen LogP contribution >= 0.6 is 0 Å². The molecule has 84 valence electrons. The molecular weight excluding hydrogens is 199 g/mol. The van der Waals surface area contributed by atoms with E-state index in [0.717, 1.165) is 0 Å². The molecule has 14 heavy (non-hydrogen) atoms. The molecule has 0 aromatic rings. The molecule has 0 aliphatic heterocycles. The van der Waals surface area contributed by atoms with Crippen LogP contribution in [0.1, 0.15) is 19.8 Å². The van der Waals surface area contributed by atoms with Gasteiger partial charge in [-0.3, -0.25) is 0 Å². The number of nitrogens with one attached hydrogen (secondary N) is 1. The molecule has 0 saturated carbocycles. The molecule has 4 N–H and O–H groups in total. The fourth-order valence-electron chi connectivity index (χ4n) is 0.916. The molecule has 4 nitrogen and oxygen atoms in total. The Morgan fingerprint density at radius 1 is 1.57 bits per heavy atom. The summed E-state index contributed by atoms with van der Waals surface area (Å²) >= 11 is 0. The number of alkyl halides is 3. The Morgan fingerprint density at radius 3 is 2.57 bits per heavy atom. The molecule has 0 radical (unpaired) electrons. The molecular formula is C7H14F3N3O. The van der Waals surface area contributed by atoms with Gasteiger partial charge in [0.1, 0.15) is 5.84 Å². The van der Waals surface area contributed by atoms with E-state index < -0.39 is 18.6 Å². The summed E-state index contributed by atoms with van der Waals surface area (Å²) in [6.07, 6.45) is -4.83. The lowest BCUT2D eigenvalue weighted by Crippen LogP contribution is -2.33. The number of hydrogen-bond donors (Lipinski definition) is 3. The molecule has 1 atom stereocenters. The molecule has 0 aromatic heterocycles. The summed E-state index contributed by atoms with van der Waals surface area (Å²) < 4.78 is 35.5. The normalized spacial score (nSPS) is 15.6. The number of halogens is 3. The predicted octanol–water partition coefficient (Wildman–Crippen LogP) is 1.05. The Hall–Kier alpha value is -0.980. The van der Waals surface area contributed by atoms with Crippen LogP contribution in [0.25, 0.3) is 0 Å². The van der Waals surface area contributed by atoms with E-state index in [1.165, 1.54) is 6.92 Å². The topological polar surface area (TPSA) is 70.6 Å². The number of nitrogens with two attached hydrogens (primary N) is 1. The smallest absolute Gasteiger partial charge is 0.390 e. The largest absolute Gasteiger partial charge is 0.409 e. The van der Waals surface area contributed by atoms with Crippen molar-refractivity contribution in [3.63, 3.8) is 0 Å². The standard InChI is InChI=1S/C7H14F3N3O/c1-5(4-7(8,9)10)12-3-2-6(11)13-14/h5,12,14H,2-4H2,1H3,(H2,11,13). The van der Waals surface area contributed by atoms with Crippen molar-refractivity contribution >= 4 is 5.84 Å². The van der Waals surface area contributed by atoms with Crippen molar-refractivity contribution in [1.29, 1.82) is 0 Å². The first-order valence-corrected chi connectivity index (χ1v) is 4.11. The first-order valence-electron chi connectivity index (χ1n) is 4.11. The quantitative estimate of drug-likeness (QED) is 0.277. The van der Waals surface area contributed by atoms with E-state index in [1.807, 2.05) is 0 Å². The summed E-state index contributed by atoms with van der Waals surface area (Å²) in [5.74, 6) is -0.00305. The van der Waals surface area contributed by atoms with E-state index in [-0.39, 0.29) is 18.8 Å². The molecule has 0 spiro atoms. The lowest BCUT2D eigenvalue weighted by molar-refractivity contribution is -0.138. The zero-order chi connectivity index (χ0) is 11.2. The van der Waals surface area contributed by atoms with Gasteiger partial charge in [-0.2, -0.15) is 13.2 Å². The minimum absolute atomic E-state index is 0.00305. The summed E-state index contributed by atoms with van der Waals surface area (Å²) in [5, 5.41) is 13.4. The third-order valence-electron chi connectivity index (χ3n) is 1.54.